The number of nitrogens with zero attached hydrogens (tertiary/aromatic N) is 2. The van der Waals surface area contributed by atoms with Gasteiger partial charge in [-0.1, -0.05) is 0 Å². The highest BCUT2D eigenvalue weighted by atomic mass is 15.2. The fraction of sp³-hybridized carbons (Fsp3) is 1.00. The van der Waals surface area contributed by atoms with Crippen LogP contribution >= 0.6 is 0 Å². The van der Waals surface area contributed by atoms with Crippen molar-refractivity contribution in [3.05, 3.63) is 0 Å². The zero-order valence-corrected chi connectivity index (χ0v) is 9.71. The Morgan fingerprint density at radius 1 is 0.929 bits per heavy atom. The quantitative estimate of drug-likeness (QED) is 0.666. The van der Waals surface area contributed by atoms with Gasteiger partial charge in [-0.25, -0.2) is 0 Å². The van der Waals surface area contributed by atoms with E-state index >= 15 is 0 Å². The van der Waals surface area contributed by atoms with E-state index in [1.807, 2.05) is 0 Å². The van der Waals surface area contributed by atoms with Gasteiger partial charge in [-0.3, -0.25) is 0 Å². The van der Waals surface area contributed by atoms with Crippen molar-refractivity contribution in [2.24, 2.45) is 0 Å². The molecule has 0 amide bonds. The van der Waals surface area contributed by atoms with Crippen LogP contribution in [0.1, 0.15) is 38.5 Å². The van der Waals surface area contributed by atoms with E-state index in [2.05, 4.69) is 23.9 Å². The van der Waals surface area contributed by atoms with Crippen LogP contribution in [0.15, 0.2) is 0 Å². The van der Waals surface area contributed by atoms with Crippen LogP contribution in [0, 0.1) is 0 Å². The second-order valence-corrected chi connectivity index (χ2v) is 5.17. The summed E-state index contributed by atoms with van der Waals surface area (Å²) in [5, 5.41) is 0. The third kappa shape index (κ3) is 2.29. The van der Waals surface area contributed by atoms with E-state index in [-0.39, 0.29) is 0 Å². The topological polar surface area (TPSA) is 6.48 Å². The molecular weight excluding hydrogens is 172 g/mol. The van der Waals surface area contributed by atoms with Crippen LogP contribution in [0.4, 0.5) is 0 Å². The summed E-state index contributed by atoms with van der Waals surface area (Å²) < 4.78 is 0. The summed E-state index contributed by atoms with van der Waals surface area (Å²) in [5.74, 6) is 0. The highest BCUT2D eigenvalue weighted by Crippen LogP contribution is 2.27. The van der Waals surface area contributed by atoms with Gasteiger partial charge in [0.1, 0.15) is 0 Å². The van der Waals surface area contributed by atoms with Gasteiger partial charge in [0.05, 0.1) is 0 Å². The van der Waals surface area contributed by atoms with Gasteiger partial charge >= 0.3 is 0 Å². The van der Waals surface area contributed by atoms with Gasteiger partial charge in [0.25, 0.3) is 0 Å². The van der Waals surface area contributed by atoms with Crippen LogP contribution in [0.3, 0.4) is 0 Å². The first-order valence-corrected chi connectivity index (χ1v) is 6.18. The Labute approximate surface area is 88.3 Å². The minimum Gasteiger partial charge on any atom is -0.306 e. The summed E-state index contributed by atoms with van der Waals surface area (Å²) >= 11 is 0. The maximum Gasteiger partial charge on any atom is 0.00964 e. The fourth-order valence-corrected chi connectivity index (χ4v) is 3.05. The number of likely N-dealkylation sites (tertiary alicyclic amines) is 1. The summed E-state index contributed by atoms with van der Waals surface area (Å²) in [7, 11) is 4.45. The van der Waals surface area contributed by atoms with Gasteiger partial charge in [0, 0.05) is 12.1 Å². The summed E-state index contributed by atoms with van der Waals surface area (Å²) in [6.07, 6.45) is 8.56. The van der Waals surface area contributed by atoms with Crippen molar-refractivity contribution in [1.29, 1.82) is 0 Å². The van der Waals surface area contributed by atoms with E-state index in [1.54, 1.807) is 0 Å². The molecule has 82 valence electrons. The predicted molar refractivity (Wildman–Crippen MR) is 60.5 cm³/mol. The molecule has 0 bridgehead atoms. The molecule has 0 spiro atoms. The molecule has 0 aromatic rings. The molecule has 1 aliphatic carbocycles. The number of rotatable bonds is 2. The van der Waals surface area contributed by atoms with E-state index in [0.717, 1.165) is 12.1 Å². The lowest BCUT2D eigenvalue weighted by molar-refractivity contribution is 0.137. The standard InChI is InChI=1S/C12H24N2/c1-13(2)11-5-7-12(8-6-11)14-9-3-4-10-14/h11-12H,3-10H2,1-2H3. The first-order chi connectivity index (χ1) is 6.77. The van der Waals surface area contributed by atoms with E-state index in [1.165, 1.54) is 51.6 Å². The smallest absolute Gasteiger partial charge is 0.00964 e. The Kier molecular flexibility index (Phi) is 3.45. The second-order valence-electron chi connectivity index (χ2n) is 5.17. The summed E-state index contributed by atoms with van der Waals surface area (Å²) in [6.45, 7) is 2.74. The monoisotopic (exact) mass is 196 g/mol. The highest BCUT2D eigenvalue weighted by Gasteiger charge is 2.27. The van der Waals surface area contributed by atoms with Crippen molar-refractivity contribution < 1.29 is 0 Å². The molecule has 0 unspecified atom stereocenters. The Morgan fingerprint density at radius 3 is 2.00 bits per heavy atom. The van der Waals surface area contributed by atoms with Crippen LogP contribution in [0.5, 0.6) is 0 Å². The van der Waals surface area contributed by atoms with E-state index in [9.17, 15) is 0 Å². The average molecular weight is 196 g/mol. The Hall–Kier alpha value is -0.0800. The van der Waals surface area contributed by atoms with E-state index < -0.39 is 0 Å². The molecule has 0 radical (unpaired) electrons. The van der Waals surface area contributed by atoms with E-state index in [4.69, 9.17) is 0 Å². The molecule has 2 rings (SSSR count). The van der Waals surface area contributed by atoms with Crippen LogP contribution in [0.25, 0.3) is 0 Å². The van der Waals surface area contributed by atoms with Gasteiger partial charge < -0.3 is 9.80 Å². The minimum atomic E-state index is 0.855. The maximum atomic E-state index is 2.73. The van der Waals surface area contributed by atoms with Gasteiger partial charge in [0.15, 0.2) is 0 Å². The largest absolute Gasteiger partial charge is 0.306 e. The molecule has 14 heavy (non-hydrogen) atoms. The third-order valence-corrected chi connectivity index (χ3v) is 4.05. The van der Waals surface area contributed by atoms with Crippen LogP contribution in [-0.2, 0) is 0 Å². The van der Waals surface area contributed by atoms with Gasteiger partial charge in [-0.05, 0) is 65.7 Å². The molecule has 1 heterocycles. The minimum absolute atomic E-state index is 0.855. The lowest BCUT2D eigenvalue weighted by Crippen LogP contribution is -2.40. The molecular formula is C12H24N2. The van der Waals surface area contributed by atoms with Crippen LogP contribution in [-0.4, -0.2) is 49.1 Å². The summed E-state index contributed by atoms with van der Waals surface area (Å²) in [5.41, 5.74) is 0. The van der Waals surface area contributed by atoms with Gasteiger partial charge in [0.2, 0.25) is 0 Å². The summed E-state index contributed by atoms with van der Waals surface area (Å²) in [6, 6.07) is 1.78. The number of hydrogen-bond acceptors (Lipinski definition) is 2. The van der Waals surface area contributed by atoms with Crippen LogP contribution in [0.2, 0.25) is 0 Å². The molecule has 2 fully saturated rings. The van der Waals surface area contributed by atoms with Crippen molar-refractivity contribution in [2.45, 2.75) is 50.6 Å². The van der Waals surface area contributed by atoms with Crippen molar-refractivity contribution >= 4 is 0 Å². The Morgan fingerprint density at radius 2 is 1.50 bits per heavy atom. The molecule has 0 aromatic carbocycles. The normalized spacial score (nSPS) is 35.4. The zero-order chi connectivity index (χ0) is 9.97. The summed E-state index contributed by atoms with van der Waals surface area (Å²) in [4.78, 5) is 5.13. The SMILES string of the molecule is CN(C)C1CCC(N2CCCC2)CC1. The van der Waals surface area contributed by atoms with Crippen molar-refractivity contribution in [3.63, 3.8) is 0 Å². The van der Waals surface area contributed by atoms with Crippen molar-refractivity contribution in [3.8, 4) is 0 Å². The molecule has 2 heteroatoms. The Bertz CT molecular complexity index is 165. The van der Waals surface area contributed by atoms with Gasteiger partial charge in [-0.2, -0.15) is 0 Å². The number of hydrogen-bond donors (Lipinski definition) is 0. The predicted octanol–water partition coefficient (Wildman–Crippen LogP) is 1.95. The molecule has 0 atom stereocenters. The van der Waals surface area contributed by atoms with Crippen molar-refractivity contribution in [2.75, 3.05) is 27.2 Å². The average Bonchev–Trinajstić information content (AvgIpc) is 2.71. The lowest BCUT2D eigenvalue weighted by Gasteiger charge is -2.36. The zero-order valence-electron chi connectivity index (χ0n) is 9.71. The van der Waals surface area contributed by atoms with Crippen molar-refractivity contribution in [1.82, 2.24) is 9.80 Å². The third-order valence-electron chi connectivity index (χ3n) is 4.05. The molecule has 1 saturated carbocycles. The molecule has 2 nitrogen and oxygen atoms in total. The first-order valence-electron chi connectivity index (χ1n) is 6.18. The molecule has 0 N–H and O–H groups in total. The molecule has 2 aliphatic rings. The van der Waals surface area contributed by atoms with Gasteiger partial charge in [-0.15, -0.1) is 0 Å². The highest BCUT2D eigenvalue weighted by molar-refractivity contribution is 4.84. The Balaban J connectivity index is 1.77. The van der Waals surface area contributed by atoms with Crippen LogP contribution < -0.4 is 0 Å². The molecule has 1 saturated heterocycles. The lowest BCUT2D eigenvalue weighted by atomic mass is 9.90. The second kappa shape index (κ2) is 4.63. The fourth-order valence-electron chi connectivity index (χ4n) is 3.05. The van der Waals surface area contributed by atoms with E-state index in [0.29, 0.717) is 0 Å². The molecule has 0 aromatic heterocycles. The molecule has 1 aliphatic heterocycles. The first kappa shape index (κ1) is 10.4. The maximum absolute atomic E-state index is 2.73.